The van der Waals surface area contributed by atoms with Crippen LogP contribution in [-0.4, -0.2) is 116 Å². The highest BCUT2D eigenvalue weighted by Crippen LogP contribution is 2.31. The number of likely N-dealkylation sites (tertiary alicyclic amines) is 2. The number of carbonyl (C=O) groups is 2. The molecule has 1 atom stereocenters. The van der Waals surface area contributed by atoms with E-state index in [-0.39, 0.29) is 17.5 Å². The van der Waals surface area contributed by atoms with E-state index in [1.54, 1.807) is 14.0 Å². The number of amides is 3. The van der Waals surface area contributed by atoms with Gasteiger partial charge in [0.05, 0.1) is 7.11 Å². The fourth-order valence-electron chi connectivity index (χ4n) is 8.26. The maximum Gasteiger partial charge on any atom is 0.325 e. The van der Waals surface area contributed by atoms with Gasteiger partial charge in [0.15, 0.2) is 0 Å². The molecule has 5 rings (SSSR count). The highest BCUT2D eigenvalue weighted by Gasteiger charge is 2.48. The lowest BCUT2D eigenvalue weighted by molar-refractivity contribution is -0.131. The molecule has 0 saturated carbocycles. The van der Waals surface area contributed by atoms with Gasteiger partial charge < -0.3 is 25.2 Å². The van der Waals surface area contributed by atoms with Crippen LogP contribution in [0.5, 0.6) is 5.75 Å². The van der Waals surface area contributed by atoms with Gasteiger partial charge in [-0.2, -0.15) is 0 Å². The number of imide groups is 1. The van der Waals surface area contributed by atoms with Gasteiger partial charge in [0.25, 0.3) is 5.91 Å². The summed E-state index contributed by atoms with van der Waals surface area (Å²) in [4.78, 5) is 33.4. The van der Waals surface area contributed by atoms with Crippen LogP contribution in [0.25, 0.3) is 0 Å². The van der Waals surface area contributed by atoms with E-state index in [0.29, 0.717) is 29.5 Å². The van der Waals surface area contributed by atoms with Gasteiger partial charge in [-0.3, -0.25) is 14.6 Å². The predicted molar refractivity (Wildman–Crippen MR) is 264 cm³/mol. The van der Waals surface area contributed by atoms with Crippen molar-refractivity contribution < 1.29 is 14.3 Å². The van der Waals surface area contributed by atoms with Gasteiger partial charge in [0.2, 0.25) is 0 Å². The van der Waals surface area contributed by atoms with Crippen LogP contribution < -0.4 is 15.4 Å². The Hall–Kier alpha value is -2.98. The number of benzene rings is 2. The number of piperidine rings is 2. The maximum atomic E-state index is 12.6. The zero-order chi connectivity index (χ0) is 46.8. The van der Waals surface area contributed by atoms with Crippen LogP contribution in [-0.2, 0) is 16.8 Å². The Morgan fingerprint density at radius 1 is 0.774 bits per heavy atom. The second-order valence-corrected chi connectivity index (χ2v) is 22.9. The molecule has 0 aromatic heterocycles. The first-order valence-electron chi connectivity index (χ1n) is 23.9. The number of hydrogen-bond acceptors (Lipinski definition) is 7. The minimum atomic E-state index is -0.972. The number of nitrogens with one attached hydrogen (secondary N) is 2. The first kappa shape index (κ1) is 55.2. The van der Waals surface area contributed by atoms with Gasteiger partial charge >= 0.3 is 6.03 Å². The molecule has 2 aromatic carbocycles. The molecule has 9 nitrogen and oxygen atoms in total. The zero-order valence-electron chi connectivity index (χ0n) is 42.8. The molecule has 0 radical (unpaired) electrons. The number of ether oxygens (including phenoxy) is 1. The molecule has 0 spiro atoms. The Balaban J connectivity index is 0.000000302. The highest BCUT2D eigenvalue weighted by atomic mass is 16.5. The summed E-state index contributed by atoms with van der Waals surface area (Å²) in [6.45, 7) is 37.3. The van der Waals surface area contributed by atoms with E-state index in [4.69, 9.17) is 4.74 Å². The maximum absolute atomic E-state index is 12.6. The van der Waals surface area contributed by atoms with Crippen LogP contribution in [0.4, 0.5) is 4.79 Å². The van der Waals surface area contributed by atoms with Gasteiger partial charge in [0.1, 0.15) is 11.3 Å². The summed E-state index contributed by atoms with van der Waals surface area (Å²) in [5.41, 5.74) is 2.59. The fraction of sp³-hybridized carbons (Fsp3) is 0.736. The van der Waals surface area contributed by atoms with Crippen LogP contribution in [0.1, 0.15) is 153 Å². The number of carbonyl (C=O) groups excluding carboxylic acids is 2. The fourth-order valence-corrected chi connectivity index (χ4v) is 8.26. The van der Waals surface area contributed by atoms with Crippen molar-refractivity contribution in [2.45, 2.75) is 164 Å². The van der Waals surface area contributed by atoms with Crippen LogP contribution in [0.15, 0.2) is 54.6 Å². The van der Waals surface area contributed by atoms with Gasteiger partial charge in [-0.05, 0) is 187 Å². The van der Waals surface area contributed by atoms with E-state index < -0.39 is 5.54 Å². The Labute approximate surface area is 381 Å². The molecule has 354 valence electrons. The summed E-state index contributed by atoms with van der Waals surface area (Å²) in [5.74, 6) is 1.68. The summed E-state index contributed by atoms with van der Waals surface area (Å²) in [7, 11) is 5.97. The van der Waals surface area contributed by atoms with E-state index in [1.807, 2.05) is 51.1 Å². The SMILES string of the molecule is CC(C)(C)N1CCCCC1.CC(C)(C)NCCN1C(=O)NC(C)(c2ccccc2)C1=O.CN(C)CCCC(C)(C)C.COc1ccc(CCN2CCC(CC(C)(C)C)CC2)cc1. The van der Waals surface area contributed by atoms with Crippen molar-refractivity contribution in [1.29, 1.82) is 0 Å². The van der Waals surface area contributed by atoms with Crippen molar-refractivity contribution in [2.75, 3.05) is 73.6 Å². The molecule has 2 N–H and O–H groups in total. The molecule has 1 unspecified atom stereocenters. The molecule has 2 aromatic rings. The molecular formula is C53H94N6O3. The van der Waals surface area contributed by atoms with E-state index in [9.17, 15) is 9.59 Å². The van der Waals surface area contributed by atoms with Crippen molar-refractivity contribution in [3.8, 4) is 5.75 Å². The van der Waals surface area contributed by atoms with Crippen LogP contribution >= 0.6 is 0 Å². The van der Waals surface area contributed by atoms with Gasteiger partial charge in [-0.25, -0.2) is 4.79 Å². The molecule has 0 aliphatic carbocycles. The molecule has 0 bridgehead atoms. The zero-order valence-corrected chi connectivity index (χ0v) is 42.8. The summed E-state index contributed by atoms with van der Waals surface area (Å²) in [5, 5.41) is 6.09. The number of rotatable bonds is 12. The minimum absolute atomic E-state index is 0.0397. The first-order chi connectivity index (χ1) is 28.7. The number of methoxy groups -OCH3 is 1. The largest absolute Gasteiger partial charge is 0.497 e. The molecular weight excluding hydrogens is 769 g/mol. The molecule has 3 aliphatic rings. The average molecular weight is 863 g/mol. The normalized spacial score (nSPS) is 19.5. The van der Waals surface area contributed by atoms with E-state index >= 15 is 0 Å². The second kappa shape index (κ2) is 25.5. The van der Waals surface area contributed by atoms with E-state index in [0.717, 1.165) is 23.7 Å². The number of urea groups is 1. The average Bonchev–Trinajstić information content (AvgIpc) is 3.41. The van der Waals surface area contributed by atoms with Crippen molar-refractivity contribution >= 4 is 11.9 Å². The molecule has 9 heteroatoms. The van der Waals surface area contributed by atoms with Crippen molar-refractivity contribution in [2.24, 2.45) is 16.7 Å². The van der Waals surface area contributed by atoms with Crippen LogP contribution in [0.3, 0.4) is 0 Å². The smallest absolute Gasteiger partial charge is 0.325 e. The lowest BCUT2D eigenvalue weighted by atomic mass is 9.80. The van der Waals surface area contributed by atoms with Gasteiger partial charge in [0, 0.05) is 30.7 Å². The van der Waals surface area contributed by atoms with Crippen molar-refractivity contribution in [3.63, 3.8) is 0 Å². The second-order valence-electron chi connectivity index (χ2n) is 22.9. The number of nitrogens with zero attached hydrogens (tertiary/aromatic N) is 4. The molecule has 3 amide bonds. The Kier molecular flexibility index (Phi) is 22.7. The summed E-state index contributed by atoms with van der Waals surface area (Å²) in [6, 6.07) is 17.5. The molecule has 3 saturated heterocycles. The Morgan fingerprint density at radius 3 is 1.82 bits per heavy atom. The van der Waals surface area contributed by atoms with Crippen molar-refractivity contribution in [3.05, 3.63) is 65.7 Å². The third-order valence-electron chi connectivity index (χ3n) is 11.9. The lowest BCUT2D eigenvalue weighted by Gasteiger charge is -2.38. The van der Waals surface area contributed by atoms with E-state index in [1.165, 1.54) is 101 Å². The number of hydrogen-bond donors (Lipinski definition) is 2. The first-order valence-corrected chi connectivity index (χ1v) is 23.9. The minimum Gasteiger partial charge on any atom is -0.497 e. The van der Waals surface area contributed by atoms with Crippen LogP contribution in [0, 0.1) is 16.7 Å². The molecule has 3 aliphatic heterocycles. The summed E-state index contributed by atoms with van der Waals surface area (Å²) < 4.78 is 5.20. The summed E-state index contributed by atoms with van der Waals surface area (Å²) in [6.07, 6.45) is 12.1. The third-order valence-corrected chi connectivity index (χ3v) is 11.9. The monoisotopic (exact) mass is 863 g/mol. The topological polar surface area (TPSA) is 80.4 Å². The predicted octanol–water partition coefficient (Wildman–Crippen LogP) is 10.9. The molecule has 62 heavy (non-hydrogen) atoms. The summed E-state index contributed by atoms with van der Waals surface area (Å²) >= 11 is 0. The Bertz CT molecular complexity index is 1540. The molecule has 3 heterocycles. The lowest BCUT2D eigenvalue weighted by Crippen LogP contribution is -2.44. The van der Waals surface area contributed by atoms with Gasteiger partial charge in [-0.1, -0.05) is 90.4 Å². The van der Waals surface area contributed by atoms with Gasteiger partial charge in [-0.15, -0.1) is 0 Å². The quantitative estimate of drug-likeness (QED) is 0.206. The third kappa shape index (κ3) is 22.1. The van der Waals surface area contributed by atoms with Crippen molar-refractivity contribution in [1.82, 2.24) is 30.2 Å². The van der Waals surface area contributed by atoms with Crippen LogP contribution in [0.2, 0.25) is 0 Å². The van der Waals surface area contributed by atoms with E-state index in [2.05, 4.69) is 126 Å². The molecule has 3 fully saturated rings. The standard InChI is InChI=1S/C19H31NO.C16H23N3O2.C9H19N.C9H21N/c1-19(2,3)15-17-10-13-20(14-11-17)12-9-16-5-7-18(21-4)8-6-16;1-15(2,3)17-10-11-19-13(20)16(4,18-14(19)21)12-8-6-5-7-9-12;1-9(2,3)10-7-5-4-6-8-10;1-9(2,3)7-6-8-10(4)5/h5-8,17H,9-15H2,1-4H3;5-9,17H,10-11H2,1-4H3,(H,18,21);4-8H2,1-3H3;6-8H2,1-5H3. The highest BCUT2D eigenvalue weighted by molar-refractivity contribution is 6.07. The Morgan fingerprint density at radius 2 is 1.35 bits per heavy atom.